The van der Waals surface area contributed by atoms with E-state index in [0.717, 1.165) is 31.5 Å². The average Bonchev–Trinajstić information content (AvgIpc) is 2.43. The summed E-state index contributed by atoms with van der Waals surface area (Å²) < 4.78 is 0. The molecule has 0 fully saturated rings. The van der Waals surface area contributed by atoms with Crippen LogP contribution < -0.4 is 5.32 Å². The van der Waals surface area contributed by atoms with Gasteiger partial charge in [-0.25, -0.2) is 0 Å². The number of nitrogens with zero attached hydrogens (tertiary/aromatic N) is 2. The van der Waals surface area contributed by atoms with Crippen LogP contribution in [0.5, 0.6) is 0 Å². The van der Waals surface area contributed by atoms with E-state index >= 15 is 0 Å². The van der Waals surface area contributed by atoms with Crippen molar-refractivity contribution in [1.29, 1.82) is 0 Å². The van der Waals surface area contributed by atoms with E-state index in [-0.39, 0.29) is 12.5 Å². The van der Waals surface area contributed by atoms with Gasteiger partial charge in [0.25, 0.3) is 5.91 Å². The zero-order chi connectivity index (χ0) is 14.1. The van der Waals surface area contributed by atoms with Crippen LogP contribution in [-0.4, -0.2) is 47.6 Å². The van der Waals surface area contributed by atoms with Crippen molar-refractivity contribution in [2.24, 2.45) is 0 Å². The maximum Gasteiger partial charge on any atom is 0.257 e. The van der Waals surface area contributed by atoms with Gasteiger partial charge in [0.15, 0.2) is 0 Å². The molecule has 0 spiro atoms. The van der Waals surface area contributed by atoms with Gasteiger partial charge in [0.2, 0.25) is 0 Å². The summed E-state index contributed by atoms with van der Waals surface area (Å²) in [5, 5.41) is 11.9. The van der Waals surface area contributed by atoms with Gasteiger partial charge in [-0.15, -0.1) is 0 Å². The highest BCUT2D eigenvalue weighted by Gasteiger charge is 2.15. The summed E-state index contributed by atoms with van der Waals surface area (Å²) in [6.45, 7) is 3.67. The number of aliphatic hydroxyl groups excluding tert-OH is 1. The summed E-state index contributed by atoms with van der Waals surface area (Å²) in [5.41, 5.74) is 1.43. The number of carbonyl (C=O) groups is 1. The van der Waals surface area contributed by atoms with E-state index in [1.165, 1.54) is 0 Å². The highest BCUT2D eigenvalue weighted by molar-refractivity contribution is 5.99. The molecular formula is C14H23N3O2. The Labute approximate surface area is 114 Å². The van der Waals surface area contributed by atoms with Gasteiger partial charge in [0.05, 0.1) is 11.3 Å². The molecule has 0 radical (unpaired) electrons. The Morgan fingerprint density at radius 3 is 2.89 bits per heavy atom. The number of aliphatic hydroxyl groups is 1. The van der Waals surface area contributed by atoms with Crippen LogP contribution in [0.1, 0.15) is 36.5 Å². The number of aromatic nitrogens is 1. The predicted molar refractivity (Wildman–Crippen MR) is 76.3 cm³/mol. The third-order valence-corrected chi connectivity index (χ3v) is 2.92. The molecule has 106 valence electrons. The van der Waals surface area contributed by atoms with Crippen LogP contribution in [0.3, 0.4) is 0 Å². The highest BCUT2D eigenvalue weighted by atomic mass is 16.2. The molecule has 0 unspecified atom stereocenters. The molecule has 0 aliphatic heterocycles. The van der Waals surface area contributed by atoms with Crippen LogP contribution in [0.15, 0.2) is 18.5 Å². The molecule has 1 aromatic heterocycles. The van der Waals surface area contributed by atoms with Crippen molar-refractivity contribution in [3.05, 3.63) is 24.0 Å². The Bertz CT molecular complexity index is 396. The van der Waals surface area contributed by atoms with Gasteiger partial charge >= 0.3 is 0 Å². The molecule has 5 heteroatoms. The lowest BCUT2D eigenvalue weighted by molar-refractivity contribution is 0.0792. The molecular weight excluding hydrogens is 242 g/mol. The SMILES string of the molecule is CCNc1ccncc1C(=O)N(C)CCCCCO. The van der Waals surface area contributed by atoms with Crippen molar-refractivity contribution in [3.63, 3.8) is 0 Å². The molecule has 5 nitrogen and oxygen atoms in total. The van der Waals surface area contributed by atoms with Crippen molar-refractivity contribution in [2.45, 2.75) is 26.2 Å². The van der Waals surface area contributed by atoms with Crippen molar-refractivity contribution >= 4 is 11.6 Å². The molecule has 1 heterocycles. The number of anilines is 1. The second-order valence-corrected chi connectivity index (χ2v) is 4.46. The lowest BCUT2D eigenvalue weighted by Gasteiger charge is -2.19. The van der Waals surface area contributed by atoms with Gasteiger partial charge in [-0.1, -0.05) is 0 Å². The molecule has 1 rings (SSSR count). The average molecular weight is 265 g/mol. The molecule has 19 heavy (non-hydrogen) atoms. The quantitative estimate of drug-likeness (QED) is 0.703. The number of pyridine rings is 1. The molecule has 0 bridgehead atoms. The number of hydrogen-bond acceptors (Lipinski definition) is 4. The van der Waals surface area contributed by atoms with Gasteiger partial charge in [-0.3, -0.25) is 9.78 Å². The van der Waals surface area contributed by atoms with Gasteiger partial charge in [0.1, 0.15) is 0 Å². The minimum absolute atomic E-state index is 0.0203. The maximum atomic E-state index is 12.3. The number of rotatable bonds is 8. The molecule has 2 N–H and O–H groups in total. The third-order valence-electron chi connectivity index (χ3n) is 2.92. The van der Waals surface area contributed by atoms with Crippen LogP contribution >= 0.6 is 0 Å². The molecule has 0 aliphatic rings. The minimum Gasteiger partial charge on any atom is -0.396 e. The largest absolute Gasteiger partial charge is 0.396 e. The van der Waals surface area contributed by atoms with Crippen LogP contribution in [0.4, 0.5) is 5.69 Å². The van der Waals surface area contributed by atoms with Gasteiger partial charge in [-0.2, -0.15) is 0 Å². The standard InChI is InChI=1S/C14H23N3O2/c1-3-16-13-7-8-15-11-12(13)14(19)17(2)9-5-4-6-10-18/h7-8,11,18H,3-6,9-10H2,1-2H3,(H,15,16). The van der Waals surface area contributed by atoms with Crippen molar-refractivity contribution in [1.82, 2.24) is 9.88 Å². The third kappa shape index (κ3) is 4.87. The fourth-order valence-electron chi connectivity index (χ4n) is 1.85. The summed E-state index contributed by atoms with van der Waals surface area (Å²) in [6, 6.07) is 1.82. The summed E-state index contributed by atoms with van der Waals surface area (Å²) >= 11 is 0. The second-order valence-electron chi connectivity index (χ2n) is 4.46. The first-order valence-corrected chi connectivity index (χ1v) is 6.75. The first kappa shape index (κ1) is 15.4. The molecule has 1 amide bonds. The summed E-state index contributed by atoms with van der Waals surface area (Å²) in [4.78, 5) is 18.0. The van der Waals surface area contributed by atoms with Crippen LogP contribution in [0.2, 0.25) is 0 Å². The van der Waals surface area contributed by atoms with Crippen LogP contribution in [0, 0.1) is 0 Å². The van der Waals surface area contributed by atoms with Crippen molar-refractivity contribution < 1.29 is 9.90 Å². The van der Waals surface area contributed by atoms with Gasteiger partial charge in [-0.05, 0) is 32.3 Å². The highest BCUT2D eigenvalue weighted by Crippen LogP contribution is 2.15. The van der Waals surface area contributed by atoms with E-state index < -0.39 is 0 Å². The second kappa shape index (κ2) is 8.48. The number of carbonyl (C=O) groups excluding carboxylic acids is 1. The van der Waals surface area contributed by atoms with E-state index in [0.29, 0.717) is 12.1 Å². The Balaban J connectivity index is 2.60. The number of amides is 1. The molecule has 1 aromatic rings. The summed E-state index contributed by atoms with van der Waals surface area (Å²) in [7, 11) is 1.80. The molecule has 0 aliphatic carbocycles. The summed E-state index contributed by atoms with van der Waals surface area (Å²) in [5.74, 6) is -0.0203. The topological polar surface area (TPSA) is 65.5 Å². The zero-order valence-corrected chi connectivity index (χ0v) is 11.7. The minimum atomic E-state index is -0.0203. The van der Waals surface area contributed by atoms with E-state index in [4.69, 9.17) is 5.11 Å². The molecule has 0 saturated heterocycles. The Morgan fingerprint density at radius 1 is 1.42 bits per heavy atom. The van der Waals surface area contributed by atoms with Crippen molar-refractivity contribution in [2.75, 3.05) is 32.1 Å². The van der Waals surface area contributed by atoms with Crippen LogP contribution in [-0.2, 0) is 0 Å². The summed E-state index contributed by atoms with van der Waals surface area (Å²) in [6.07, 6.45) is 5.90. The monoisotopic (exact) mass is 265 g/mol. The van der Waals surface area contributed by atoms with E-state index in [1.54, 1.807) is 24.3 Å². The van der Waals surface area contributed by atoms with E-state index in [9.17, 15) is 4.79 Å². The number of nitrogens with one attached hydrogen (secondary N) is 1. The Morgan fingerprint density at radius 2 is 2.21 bits per heavy atom. The smallest absolute Gasteiger partial charge is 0.257 e. The number of unbranched alkanes of at least 4 members (excludes halogenated alkanes) is 2. The fourth-order valence-corrected chi connectivity index (χ4v) is 1.85. The van der Waals surface area contributed by atoms with Gasteiger partial charge in [0, 0.05) is 39.1 Å². The molecule has 0 saturated carbocycles. The molecule has 0 aromatic carbocycles. The normalized spacial score (nSPS) is 10.3. The van der Waals surface area contributed by atoms with Gasteiger partial charge < -0.3 is 15.3 Å². The Kier molecular flexibility index (Phi) is 6.89. The predicted octanol–water partition coefficient (Wildman–Crippen LogP) is 1.75. The molecule has 0 atom stereocenters. The lowest BCUT2D eigenvalue weighted by Crippen LogP contribution is -2.28. The van der Waals surface area contributed by atoms with E-state index in [2.05, 4.69) is 10.3 Å². The van der Waals surface area contributed by atoms with Crippen molar-refractivity contribution in [3.8, 4) is 0 Å². The zero-order valence-electron chi connectivity index (χ0n) is 11.7. The van der Waals surface area contributed by atoms with E-state index in [1.807, 2.05) is 13.0 Å². The number of hydrogen-bond donors (Lipinski definition) is 2. The fraction of sp³-hybridized carbons (Fsp3) is 0.571. The first-order valence-electron chi connectivity index (χ1n) is 6.75. The Hall–Kier alpha value is -1.62. The lowest BCUT2D eigenvalue weighted by atomic mass is 10.2. The first-order chi connectivity index (χ1) is 9.20. The van der Waals surface area contributed by atoms with Crippen LogP contribution in [0.25, 0.3) is 0 Å². The maximum absolute atomic E-state index is 12.3.